The van der Waals surface area contributed by atoms with Crippen molar-refractivity contribution >= 4 is 17.3 Å². The zero-order chi connectivity index (χ0) is 19.4. The van der Waals surface area contributed by atoms with Gasteiger partial charge in [0.25, 0.3) is 0 Å². The summed E-state index contributed by atoms with van der Waals surface area (Å²) in [5, 5.41) is 8.80. The van der Waals surface area contributed by atoms with Crippen LogP contribution in [0.5, 0.6) is 5.75 Å². The first-order valence-corrected chi connectivity index (χ1v) is 10.4. The smallest absolute Gasteiger partial charge is 0.191 e. The number of guanidine groups is 1. The first kappa shape index (κ1) is 19.9. The number of hydrogen-bond donors (Lipinski definition) is 2. The Hall–Kier alpha value is -2.86. The number of nitrogens with one attached hydrogen (secondary N) is 2. The summed E-state index contributed by atoms with van der Waals surface area (Å²) in [6, 6.07) is 18.1. The highest BCUT2D eigenvalue weighted by molar-refractivity contribution is 7.09. The number of ether oxygens (including phenoxy) is 1. The molecule has 2 aromatic heterocycles. The van der Waals surface area contributed by atoms with Crippen molar-refractivity contribution in [2.75, 3.05) is 13.1 Å². The van der Waals surface area contributed by atoms with Gasteiger partial charge >= 0.3 is 0 Å². The van der Waals surface area contributed by atoms with Crippen LogP contribution in [0.2, 0.25) is 0 Å². The molecule has 0 radical (unpaired) electrons. The highest BCUT2D eigenvalue weighted by Gasteiger charge is 2.01. The van der Waals surface area contributed by atoms with Crippen LogP contribution in [0.3, 0.4) is 0 Å². The Morgan fingerprint density at radius 1 is 1.11 bits per heavy atom. The second-order valence-electron chi connectivity index (χ2n) is 6.21. The summed E-state index contributed by atoms with van der Waals surface area (Å²) in [7, 11) is 0. The van der Waals surface area contributed by atoms with Crippen LogP contribution >= 0.6 is 11.3 Å². The number of thiophene rings is 1. The van der Waals surface area contributed by atoms with Crippen molar-refractivity contribution in [1.82, 2.24) is 15.6 Å². The summed E-state index contributed by atoms with van der Waals surface area (Å²) in [5.74, 6) is 1.66. The molecule has 1 aromatic carbocycles. The molecular formula is C22H26N4OS. The van der Waals surface area contributed by atoms with Gasteiger partial charge in [0.05, 0.1) is 12.2 Å². The quantitative estimate of drug-likeness (QED) is 0.425. The predicted molar refractivity (Wildman–Crippen MR) is 116 cm³/mol. The highest BCUT2D eigenvalue weighted by atomic mass is 32.1. The summed E-state index contributed by atoms with van der Waals surface area (Å²) in [4.78, 5) is 10.3. The second-order valence-corrected chi connectivity index (χ2v) is 7.24. The van der Waals surface area contributed by atoms with E-state index in [9.17, 15) is 0 Å². The topological polar surface area (TPSA) is 58.5 Å². The van der Waals surface area contributed by atoms with Gasteiger partial charge in [0.1, 0.15) is 12.4 Å². The predicted octanol–water partition coefficient (Wildman–Crippen LogP) is 4.02. The number of pyridine rings is 1. The van der Waals surface area contributed by atoms with E-state index in [1.165, 1.54) is 4.88 Å². The van der Waals surface area contributed by atoms with Crippen LogP contribution < -0.4 is 15.4 Å². The van der Waals surface area contributed by atoms with Gasteiger partial charge in [-0.15, -0.1) is 11.3 Å². The maximum Gasteiger partial charge on any atom is 0.191 e. The Morgan fingerprint density at radius 2 is 2.07 bits per heavy atom. The molecule has 146 valence electrons. The standard InChI is InChI=1S/C22H26N4OS/c1-2-23-22(25-13-11-21-10-6-14-28-21)26-16-18-7-5-9-20(15-18)27-17-19-8-3-4-12-24-19/h3-10,12,14-15H,2,11,13,16-17H2,1H3,(H2,23,25,26). The number of hydrogen-bond acceptors (Lipinski definition) is 4. The lowest BCUT2D eigenvalue weighted by Crippen LogP contribution is -2.38. The van der Waals surface area contributed by atoms with Crippen LogP contribution in [0.15, 0.2) is 71.2 Å². The van der Waals surface area contributed by atoms with Crippen LogP contribution in [-0.2, 0) is 19.6 Å². The van der Waals surface area contributed by atoms with Crippen molar-refractivity contribution in [1.29, 1.82) is 0 Å². The number of aromatic nitrogens is 1. The Kier molecular flexibility index (Phi) is 7.88. The van der Waals surface area contributed by atoms with E-state index in [2.05, 4.69) is 46.1 Å². The number of nitrogens with zero attached hydrogens (tertiary/aromatic N) is 2. The number of aliphatic imine (C=N–C) groups is 1. The van der Waals surface area contributed by atoms with E-state index in [0.29, 0.717) is 13.2 Å². The molecule has 0 aliphatic carbocycles. The van der Waals surface area contributed by atoms with Crippen molar-refractivity contribution in [2.45, 2.75) is 26.5 Å². The van der Waals surface area contributed by atoms with E-state index in [4.69, 9.17) is 9.73 Å². The van der Waals surface area contributed by atoms with E-state index < -0.39 is 0 Å². The SMILES string of the molecule is CCNC(=NCc1cccc(OCc2ccccn2)c1)NCCc1cccs1. The molecule has 0 unspecified atom stereocenters. The van der Waals surface area contributed by atoms with Crippen LogP contribution in [0.25, 0.3) is 0 Å². The van der Waals surface area contributed by atoms with Crippen molar-refractivity contribution in [2.24, 2.45) is 4.99 Å². The minimum absolute atomic E-state index is 0.459. The molecule has 0 fully saturated rings. The average Bonchev–Trinajstić information content (AvgIpc) is 3.25. The molecule has 0 spiro atoms. The fraction of sp³-hybridized carbons (Fsp3) is 0.273. The molecule has 3 aromatic rings. The first-order chi connectivity index (χ1) is 13.8. The molecular weight excluding hydrogens is 368 g/mol. The summed E-state index contributed by atoms with van der Waals surface area (Å²) in [5.41, 5.74) is 2.02. The first-order valence-electron chi connectivity index (χ1n) is 9.49. The van der Waals surface area contributed by atoms with Gasteiger partial charge in [-0.3, -0.25) is 4.98 Å². The lowest BCUT2D eigenvalue weighted by Gasteiger charge is -2.11. The summed E-state index contributed by atoms with van der Waals surface area (Å²) >= 11 is 1.78. The van der Waals surface area contributed by atoms with Gasteiger partial charge in [-0.1, -0.05) is 24.3 Å². The molecule has 0 atom stereocenters. The van der Waals surface area contributed by atoms with Crippen LogP contribution in [0.4, 0.5) is 0 Å². The summed E-state index contributed by atoms with van der Waals surface area (Å²) < 4.78 is 5.85. The zero-order valence-corrected chi connectivity index (χ0v) is 16.9. The third-order valence-corrected chi connectivity index (χ3v) is 4.96. The molecule has 0 aliphatic heterocycles. The molecule has 0 aliphatic rings. The Labute approximate surface area is 170 Å². The second kappa shape index (κ2) is 11.1. The highest BCUT2D eigenvalue weighted by Crippen LogP contribution is 2.15. The van der Waals surface area contributed by atoms with E-state index in [-0.39, 0.29) is 0 Å². The minimum Gasteiger partial charge on any atom is -0.487 e. The van der Waals surface area contributed by atoms with Crippen LogP contribution in [-0.4, -0.2) is 24.0 Å². The molecule has 2 heterocycles. The fourth-order valence-electron chi connectivity index (χ4n) is 2.65. The Morgan fingerprint density at radius 3 is 2.86 bits per heavy atom. The van der Waals surface area contributed by atoms with Crippen LogP contribution in [0, 0.1) is 0 Å². The molecule has 0 saturated heterocycles. The zero-order valence-electron chi connectivity index (χ0n) is 16.1. The van der Waals surface area contributed by atoms with Gasteiger partial charge in [0.2, 0.25) is 0 Å². The molecule has 0 saturated carbocycles. The van der Waals surface area contributed by atoms with Crippen molar-refractivity contribution in [3.8, 4) is 5.75 Å². The van der Waals surface area contributed by atoms with Crippen molar-refractivity contribution in [3.63, 3.8) is 0 Å². The molecule has 0 bridgehead atoms. The third-order valence-electron chi connectivity index (χ3n) is 4.02. The molecule has 3 rings (SSSR count). The molecule has 0 amide bonds. The Balaban J connectivity index is 1.52. The monoisotopic (exact) mass is 394 g/mol. The number of benzene rings is 1. The fourth-order valence-corrected chi connectivity index (χ4v) is 3.35. The summed E-state index contributed by atoms with van der Waals surface area (Å²) in [6.45, 7) is 4.82. The molecule has 5 nitrogen and oxygen atoms in total. The molecule has 2 N–H and O–H groups in total. The van der Waals surface area contributed by atoms with E-state index in [1.54, 1.807) is 17.5 Å². The Bertz CT molecular complexity index is 850. The van der Waals surface area contributed by atoms with Crippen molar-refractivity contribution in [3.05, 3.63) is 82.3 Å². The van der Waals surface area contributed by atoms with Gasteiger partial charge in [0, 0.05) is 24.2 Å². The van der Waals surface area contributed by atoms with Gasteiger partial charge < -0.3 is 15.4 Å². The largest absolute Gasteiger partial charge is 0.487 e. The maximum absolute atomic E-state index is 5.85. The summed E-state index contributed by atoms with van der Waals surface area (Å²) in [6.07, 6.45) is 2.77. The van der Waals surface area contributed by atoms with E-state index in [0.717, 1.165) is 42.5 Å². The van der Waals surface area contributed by atoms with E-state index in [1.807, 2.05) is 36.4 Å². The lowest BCUT2D eigenvalue weighted by molar-refractivity contribution is 0.301. The average molecular weight is 395 g/mol. The normalized spacial score (nSPS) is 11.2. The minimum atomic E-state index is 0.459. The number of rotatable bonds is 9. The van der Waals surface area contributed by atoms with Gasteiger partial charge in [-0.05, 0) is 54.6 Å². The van der Waals surface area contributed by atoms with Crippen molar-refractivity contribution < 1.29 is 4.74 Å². The van der Waals surface area contributed by atoms with Crippen LogP contribution in [0.1, 0.15) is 23.1 Å². The lowest BCUT2D eigenvalue weighted by atomic mass is 10.2. The molecule has 28 heavy (non-hydrogen) atoms. The van der Waals surface area contributed by atoms with E-state index >= 15 is 0 Å². The van der Waals surface area contributed by atoms with Gasteiger partial charge in [0.15, 0.2) is 5.96 Å². The third kappa shape index (κ3) is 6.70. The van der Waals surface area contributed by atoms with Gasteiger partial charge in [-0.2, -0.15) is 0 Å². The van der Waals surface area contributed by atoms with Gasteiger partial charge in [-0.25, -0.2) is 4.99 Å². The maximum atomic E-state index is 5.85. The molecule has 6 heteroatoms.